The molecule has 0 unspecified atom stereocenters. The van der Waals surface area contributed by atoms with E-state index in [-0.39, 0.29) is 0 Å². The van der Waals surface area contributed by atoms with Gasteiger partial charge in [0.1, 0.15) is 5.82 Å². The molecule has 1 N–H and O–H groups in total. The first-order valence-electron chi connectivity index (χ1n) is 11.5. The van der Waals surface area contributed by atoms with Gasteiger partial charge in [-0.1, -0.05) is 53.2 Å². The minimum atomic E-state index is 0.777. The standard InChI is InChI=1S/C27H32BrN3/c1-20-19-29-16-14-23(20)11-8-22-5-2-6-24(18-22)26-15-17-30-27(31-26)7-3-4-21-9-12-25(28)13-10-21/h2,5-6,9-10,12-13,15,17-18,20,23,29H,3-4,7-8,11,14,16,19H2,1H3/t20-,23+/m0/s1. The Morgan fingerprint density at radius 2 is 1.87 bits per heavy atom. The first-order chi connectivity index (χ1) is 15.2. The molecule has 0 radical (unpaired) electrons. The lowest BCUT2D eigenvalue weighted by molar-refractivity contribution is 0.259. The summed E-state index contributed by atoms with van der Waals surface area (Å²) in [6.45, 7) is 4.71. The number of benzene rings is 2. The molecule has 1 saturated heterocycles. The van der Waals surface area contributed by atoms with Crippen LogP contribution in [0, 0.1) is 11.8 Å². The van der Waals surface area contributed by atoms with Crippen LogP contribution in [0.4, 0.5) is 0 Å². The molecule has 2 aromatic carbocycles. The molecular formula is C27H32BrN3. The lowest BCUT2D eigenvalue weighted by Crippen LogP contribution is -2.35. The number of nitrogens with one attached hydrogen (secondary N) is 1. The molecule has 3 nitrogen and oxygen atoms in total. The van der Waals surface area contributed by atoms with E-state index in [4.69, 9.17) is 4.98 Å². The predicted octanol–water partition coefficient (Wildman–Crippen LogP) is 6.26. The first kappa shape index (κ1) is 22.2. The first-order valence-corrected chi connectivity index (χ1v) is 12.3. The molecule has 4 rings (SSSR count). The van der Waals surface area contributed by atoms with E-state index < -0.39 is 0 Å². The fraction of sp³-hybridized carbons (Fsp3) is 0.407. The maximum atomic E-state index is 4.86. The maximum Gasteiger partial charge on any atom is 0.128 e. The number of halogens is 1. The van der Waals surface area contributed by atoms with Crippen LogP contribution in [-0.4, -0.2) is 23.1 Å². The molecule has 1 aliphatic rings. The Morgan fingerprint density at radius 3 is 2.71 bits per heavy atom. The van der Waals surface area contributed by atoms with Crippen molar-refractivity contribution in [2.24, 2.45) is 11.8 Å². The van der Waals surface area contributed by atoms with Gasteiger partial charge in [-0.25, -0.2) is 9.97 Å². The summed E-state index contributed by atoms with van der Waals surface area (Å²) >= 11 is 3.50. The number of piperidine rings is 1. The van der Waals surface area contributed by atoms with Gasteiger partial charge in [0.15, 0.2) is 0 Å². The Bertz CT molecular complexity index is 970. The second-order valence-electron chi connectivity index (χ2n) is 8.81. The van der Waals surface area contributed by atoms with Crippen LogP contribution in [-0.2, 0) is 19.3 Å². The largest absolute Gasteiger partial charge is 0.316 e. The van der Waals surface area contributed by atoms with E-state index in [9.17, 15) is 0 Å². The Hall–Kier alpha value is -2.04. The summed E-state index contributed by atoms with van der Waals surface area (Å²) in [6.07, 6.45) is 8.63. The third kappa shape index (κ3) is 6.47. The van der Waals surface area contributed by atoms with Crippen LogP contribution in [0.3, 0.4) is 0 Å². The van der Waals surface area contributed by atoms with E-state index in [1.54, 1.807) is 0 Å². The van der Waals surface area contributed by atoms with Gasteiger partial charge in [-0.05, 0) is 92.4 Å². The van der Waals surface area contributed by atoms with Crippen molar-refractivity contribution in [1.29, 1.82) is 0 Å². The van der Waals surface area contributed by atoms with Gasteiger partial charge >= 0.3 is 0 Å². The predicted molar refractivity (Wildman–Crippen MR) is 132 cm³/mol. The normalized spacial score (nSPS) is 18.8. The zero-order valence-corrected chi connectivity index (χ0v) is 19.9. The summed E-state index contributed by atoms with van der Waals surface area (Å²) in [5.41, 5.74) is 5.01. The number of hydrogen-bond donors (Lipinski definition) is 1. The third-order valence-electron chi connectivity index (χ3n) is 6.47. The molecule has 3 aromatic rings. The Kier molecular flexibility index (Phi) is 7.87. The fourth-order valence-corrected chi connectivity index (χ4v) is 4.78. The number of aromatic nitrogens is 2. The molecule has 2 heterocycles. The van der Waals surface area contributed by atoms with Crippen LogP contribution in [0.15, 0.2) is 65.3 Å². The van der Waals surface area contributed by atoms with Crippen LogP contribution in [0.1, 0.15) is 43.1 Å². The molecular weight excluding hydrogens is 446 g/mol. The van der Waals surface area contributed by atoms with Gasteiger partial charge in [0, 0.05) is 22.7 Å². The van der Waals surface area contributed by atoms with Crippen molar-refractivity contribution < 1.29 is 0 Å². The zero-order chi connectivity index (χ0) is 21.5. The van der Waals surface area contributed by atoms with Gasteiger partial charge < -0.3 is 5.32 Å². The average Bonchev–Trinajstić information content (AvgIpc) is 2.80. The van der Waals surface area contributed by atoms with E-state index in [0.717, 1.165) is 60.1 Å². The maximum absolute atomic E-state index is 4.86. The smallest absolute Gasteiger partial charge is 0.128 e. The summed E-state index contributed by atoms with van der Waals surface area (Å²) in [4.78, 5) is 9.38. The lowest BCUT2D eigenvalue weighted by atomic mass is 9.83. The highest BCUT2D eigenvalue weighted by Gasteiger charge is 2.20. The summed E-state index contributed by atoms with van der Waals surface area (Å²) in [5, 5.41) is 3.51. The zero-order valence-electron chi connectivity index (χ0n) is 18.4. The molecule has 1 aliphatic heterocycles. The fourth-order valence-electron chi connectivity index (χ4n) is 4.52. The molecule has 1 fully saturated rings. The van der Waals surface area contributed by atoms with Crippen molar-refractivity contribution in [3.05, 3.63) is 82.2 Å². The van der Waals surface area contributed by atoms with Crippen molar-refractivity contribution in [3.63, 3.8) is 0 Å². The molecule has 0 aliphatic carbocycles. The van der Waals surface area contributed by atoms with Crippen molar-refractivity contribution >= 4 is 15.9 Å². The second-order valence-corrected chi connectivity index (χ2v) is 9.72. The second kappa shape index (κ2) is 11.0. The van der Waals surface area contributed by atoms with E-state index in [1.807, 2.05) is 12.3 Å². The van der Waals surface area contributed by atoms with E-state index in [0.29, 0.717) is 0 Å². The van der Waals surface area contributed by atoms with Crippen molar-refractivity contribution in [2.45, 2.75) is 45.4 Å². The van der Waals surface area contributed by atoms with Gasteiger partial charge in [0.05, 0.1) is 5.69 Å². The van der Waals surface area contributed by atoms with E-state index >= 15 is 0 Å². The topological polar surface area (TPSA) is 37.8 Å². The molecule has 0 amide bonds. The van der Waals surface area contributed by atoms with Gasteiger partial charge in [0.25, 0.3) is 0 Å². The summed E-state index contributed by atoms with van der Waals surface area (Å²) < 4.78 is 1.12. The minimum Gasteiger partial charge on any atom is -0.316 e. The summed E-state index contributed by atoms with van der Waals surface area (Å²) in [5.74, 6) is 2.54. The molecule has 0 bridgehead atoms. The Balaban J connectivity index is 1.35. The lowest BCUT2D eigenvalue weighted by Gasteiger charge is -2.29. The number of hydrogen-bond acceptors (Lipinski definition) is 3. The molecule has 0 spiro atoms. The van der Waals surface area contributed by atoms with Crippen LogP contribution >= 0.6 is 15.9 Å². The Morgan fingerprint density at radius 1 is 1.00 bits per heavy atom. The number of aryl methyl sites for hydroxylation is 3. The number of rotatable bonds is 8. The van der Waals surface area contributed by atoms with Crippen molar-refractivity contribution in [2.75, 3.05) is 13.1 Å². The molecule has 4 heteroatoms. The SMILES string of the molecule is C[C@H]1CNCC[C@H]1CCc1cccc(-c2ccnc(CCCc3ccc(Br)cc3)n2)c1. The monoisotopic (exact) mass is 477 g/mol. The van der Waals surface area contributed by atoms with E-state index in [2.05, 4.69) is 81.7 Å². The van der Waals surface area contributed by atoms with Gasteiger partial charge in [-0.15, -0.1) is 0 Å². The minimum absolute atomic E-state index is 0.777. The third-order valence-corrected chi connectivity index (χ3v) is 7.00. The van der Waals surface area contributed by atoms with E-state index in [1.165, 1.54) is 36.1 Å². The van der Waals surface area contributed by atoms with Crippen LogP contribution in [0.5, 0.6) is 0 Å². The summed E-state index contributed by atoms with van der Waals surface area (Å²) in [7, 11) is 0. The molecule has 0 saturated carbocycles. The number of nitrogens with zero attached hydrogens (tertiary/aromatic N) is 2. The Labute approximate surface area is 194 Å². The quantitative estimate of drug-likeness (QED) is 0.415. The van der Waals surface area contributed by atoms with Crippen LogP contribution in [0.25, 0.3) is 11.3 Å². The van der Waals surface area contributed by atoms with Crippen LogP contribution in [0.2, 0.25) is 0 Å². The molecule has 162 valence electrons. The van der Waals surface area contributed by atoms with Crippen molar-refractivity contribution in [3.8, 4) is 11.3 Å². The summed E-state index contributed by atoms with van der Waals surface area (Å²) in [6, 6.07) is 19.5. The van der Waals surface area contributed by atoms with Crippen molar-refractivity contribution in [1.82, 2.24) is 15.3 Å². The molecule has 1 aromatic heterocycles. The molecule has 31 heavy (non-hydrogen) atoms. The highest BCUT2D eigenvalue weighted by Crippen LogP contribution is 2.25. The molecule has 2 atom stereocenters. The van der Waals surface area contributed by atoms with Gasteiger partial charge in [-0.2, -0.15) is 0 Å². The highest BCUT2D eigenvalue weighted by molar-refractivity contribution is 9.10. The van der Waals surface area contributed by atoms with Crippen LogP contribution < -0.4 is 5.32 Å². The highest BCUT2D eigenvalue weighted by atomic mass is 79.9. The van der Waals surface area contributed by atoms with Gasteiger partial charge in [0.2, 0.25) is 0 Å². The average molecular weight is 478 g/mol. The van der Waals surface area contributed by atoms with Gasteiger partial charge in [-0.3, -0.25) is 0 Å².